The van der Waals surface area contributed by atoms with Crippen LogP contribution >= 0.6 is 0 Å². The summed E-state index contributed by atoms with van der Waals surface area (Å²) in [4.78, 5) is 20.6. The number of carbonyl (C=O) groups is 1. The van der Waals surface area contributed by atoms with Crippen LogP contribution in [0.5, 0.6) is 0 Å². The molecule has 0 fully saturated rings. The van der Waals surface area contributed by atoms with Crippen LogP contribution in [0, 0.1) is 6.92 Å². The molecule has 2 N–H and O–H groups in total. The third kappa shape index (κ3) is 3.95. The molecule has 1 heterocycles. The van der Waals surface area contributed by atoms with E-state index in [1.165, 1.54) is 12.4 Å². The fraction of sp³-hybridized carbons (Fsp3) is 0.105. The molecule has 5 nitrogen and oxygen atoms in total. The minimum atomic E-state index is -0.190. The number of hydrogen-bond acceptors (Lipinski definition) is 4. The third-order valence-corrected chi connectivity index (χ3v) is 3.64. The lowest BCUT2D eigenvalue weighted by Crippen LogP contribution is -2.23. The molecule has 0 aliphatic rings. The van der Waals surface area contributed by atoms with Crippen molar-refractivity contribution < 1.29 is 4.79 Å². The first-order valence-electron chi connectivity index (χ1n) is 7.69. The highest BCUT2D eigenvalue weighted by Gasteiger charge is 2.08. The van der Waals surface area contributed by atoms with E-state index in [4.69, 9.17) is 0 Å². The molecule has 0 radical (unpaired) electrons. The number of nitrogens with zero attached hydrogens (tertiary/aromatic N) is 2. The van der Waals surface area contributed by atoms with Gasteiger partial charge in [-0.1, -0.05) is 42.5 Å². The van der Waals surface area contributed by atoms with E-state index in [9.17, 15) is 4.79 Å². The van der Waals surface area contributed by atoms with Crippen LogP contribution in [0.25, 0.3) is 0 Å². The van der Waals surface area contributed by atoms with Crippen molar-refractivity contribution in [1.29, 1.82) is 0 Å². The molecule has 0 aliphatic heterocycles. The van der Waals surface area contributed by atoms with Crippen molar-refractivity contribution in [3.8, 4) is 0 Å². The molecule has 120 valence electrons. The van der Waals surface area contributed by atoms with E-state index in [-0.39, 0.29) is 5.91 Å². The standard InChI is InChI=1S/C19H18N4O/c1-14-7-5-6-8-15(14)11-20-18(24)16-12-21-19(22-13-16)23-17-9-3-2-4-10-17/h2-10,12-13H,11H2,1H3,(H,20,24)(H,21,22,23). The zero-order valence-electron chi connectivity index (χ0n) is 13.4. The number of para-hydroxylation sites is 1. The van der Waals surface area contributed by atoms with Crippen LogP contribution in [0.1, 0.15) is 21.5 Å². The summed E-state index contributed by atoms with van der Waals surface area (Å²) in [6, 6.07) is 17.6. The zero-order chi connectivity index (χ0) is 16.8. The second-order valence-corrected chi connectivity index (χ2v) is 5.40. The summed E-state index contributed by atoms with van der Waals surface area (Å²) in [5.74, 6) is 0.265. The van der Waals surface area contributed by atoms with Gasteiger partial charge < -0.3 is 10.6 Å². The number of aromatic nitrogens is 2. The molecule has 3 rings (SSSR count). The van der Waals surface area contributed by atoms with Gasteiger partial charge in [0.05, 0.1) is 5.56 Å². The van der Waals surface area contributed by atoms with Gasteiger partial charge in [-0.25, -0.2) is 9.97 Å². The van der Waals surface area contributed by atoms with Crippen molar-refractivity contribution >= 4 is 17.5 Å². The Morgan fingerprint density at radius 2 is 1.62 bits per heavy atom. The van der Waals surface area contributed by atoms with Crippen molar-refractivity contribution in [2.24, 2.45) is 0 Å². The quantitative estimate of drug-likeness (QED) is 0.756. The Morgan fingerprint density at radius 3 is 2.33 bits per heavy atom. The first-order valence-corrected chi connectivity index (χ1v) is 7.69. The minimum absolute atomic E-state index is 0.190. The Morgan fingerprint density at radius 1 is 0.958 bits per heavy atom. The van der Waals surface area contributed by atoms with Crippen molar-refractivity contribution in [1.82, 2.24) is 15.3 Å². The zero-order valence-corrected chi connectivity index (χ0v) is 13.4. The van der Waals surface area contributed by atoms with Crippen LogP contribution in [-0.2, 0) is 6.54 Å². The fourth-order valence-corrected chi connectivity index (χ4v) is 2.25. The normalized spacial score (nSPS) is 10.2. The molecule has 0 atom stereocenters. The van der Waals surface area contributed by atoms with E-state index in [2.05, 4.69) is 20.6 Å². The number of benzene rings is 2. The first-order chi connectivity index (χ1) is 11.7. The molecule has 0 bridgehead atoms. The first kappa shape index (κ1) is 15.7. The van der Waals surface area contributed by atoms with Gasteiger partial charge in [0, 0.05) is 24.6 Å². The molecule has 0 unspecified atom stereocenters. The fourth-order valence-electron chi connectivity index (χ4n) is 2.25. The Bertz CT molecular complexity index is 816. The van der Waals surface area contributed by atoms with E-state index in [1.54, 1.807) is 0 Å². The van der Waals surface area contributed by atoms with Gasteiger partial charge in [-0.05, 0) is 30.2 Å². The molecule has 0 saturated carbocycles. The maximum absolute atomic E-state index is 12.2. The average molecular weight is 318 g/mol. The van der Waals surface area contributed by atoms with Gasteiger partial charge in [0.1, 0.15) is 0 Å². The largest absolute Gasteiger partial charge is 0.348 e. The molecular formula is C19H18N4O. The summed E-state index contributed by atoms with van der Waals surface area (Å²) in [5.41, 5.74) is 3.57. The van der Waals surface area contributed by atoms with Gasteiger partial charge >= 0.3 is 0 Å². The van der Waals surface area contributed by atoms with Gasteiger partial charge in [0.25, 0.3) is 5.91 Å². The van der Waals surface area contributed by atoms with Crippen LogP contribution in [0.15, 0.2) is 67.0 Å². The molecule has 3 aromatic rings. The number of carbonyl (C=O) groups excluding carboxylic acids is 1. The van der Waals surface area contributed by atoms with Crippen molar-refractivity contribution in [3.05, 3.63) is 83.7 Å². The molecule has 5 heteroatoms. The SMILES string of the molecule is Cc1ccccc1CNC(=O)c1cnc(Nc2ccccc2)nc1. The third-order valence-electron chi connectivity index (χ3n) is 3.64. The Balaban J connectivity index is 1.61. The Kier molecular flexibility index (Phi) is 4.81. The smallest absolute Gasteiger partial charge is 0.254 e. The highest BCUT2D eigenvalue weighted by atomic mass is 16.1. The topological polar surface area (TPSA) is 66.9 Å². The van der Waals surface area contributed by atoms with Crippen LogP contribution in [-0.4, -0.2) is 15.9 Å². The second-order valence-electron chi connectivity index (χ2n) is 5.40. The lowest BCUT2D eigenvalue weighted by Gasteiger charge is -2.08. The van der Waals surface area contributed by atoms with E-state index < -0.39 is 0 Å². The lowest BCUT2D eigenvalue weighted by molar-refractivity contribution is 0.0950. The summed E-state index contributed by atoms with van der Waals surface area (Å²) in [6.45, 7) is 2.50. The minimum Gasteiger partial charge on any atom is -0.348 e. The number of amides is 1. The van der Waals surface area contributed by atoms with Gasteiger partial charge in [-0.15, -0.1) is 0 Å². The summed E-state index contributed by atoms with van der Waals surface area (Å²) in [6.07, 6.45) is 3.04. The average Bonchev–Trinajstić information content (AvgIpc) is 2.62. The maximum Gasteiger partial charge on any atom is 0.254 e. The van der Waals surface area contributed by atoms with E-state index in [1.807, 2.05) is 61.5 Å². The molecule has 1 aromatic heterocycles. The molecular weight excluding hydrogens is 300 g/mol. The van der Waals surface area contributed by atoms with Crippen molar-refractivity contribution in [2.45, 2.75) is 13.5 Å². The van der Waals surface area contributed by atoms with Gasteiger partial charge in [0.2, 0.25) is 5.95 Å². The molecule has 0 aliphatic carbocycles. The highest BCUT2D eigenvalue weighted by molar-refractivity contribution is 5.93. The second kappa shape index (κ2) is 7.37. The van der Waals surface area contributed by atoms with E-state index in [0.717, 1.165) is 16.8 Å². The Hall–Kier alpha value is -3.21. The highest BCUT2D eigenvalue weighted by Crippen LogP contribution is 2.11. The molecule has 2 aromatic carbocycles. The maximum atomic E-state index is 12.2. The number of hydrogen-bond donors (Lipinski definition) is 2. The molecule has 0 spiro atoms. The predicted molar refractivity (Wildman–Crippen MR) is 94.1 cm³/mol. The summed E-state index contributed by atoms with van der Waals surface area (Å²) >= 11 is 0. The predicted octanol–water partition coefficient (Wildman–Crippen LogP) is 3.46. The summed E-state index contributed by atoms with van der Waals surface area (Å²) in [7, 11) is 0. The van der Waals surface area contributed by atoms with E-state index in [0.29, 0.717) is 18.1 Å². The van der Waals surface area contributed by atoms with Gasteiger partial charge in [-0.3, -0.25) is 4.79 Å². The van der Waals surface area contributed by atoms with Crippen LogP contribution in [0.3, 0.4) is 0 Å². The van der Waals surface area contributed by atoms with Crippen molar-refractivity contribution in [3.63, 3.8) is 0 Å². The van der Waals surface area contributed by atoms with Gasteiger partial charge in [-0.2, -0.15) is 0 Å². The van der Waals surface area contributed by atoms with Crippen LogP contribution < -0.4 is 10.6 Å². The van der Waals surface area contributed by atoms with E-state index >= 15 is 0 Å². The van der Waals surface area contributed by atoms with Gasteiger partial charge in [0.15, 0.2) is 0 Å². The van der Waals surface area contributed by atoms with Crippen LogP contribution in [0.2, 0.25) is 0 Å². The number of aryl methyl sites for hydroxylation is 1. The van der Waals surface area contributed by atoms with Crippen molar-refractivity contribution in [2.75, 3.05) is 5.32 Å². The molecule has 0 saturated heterocycles. The number of rotatable bonds is 5. The molecule has 24 heavy (non-hydrogen) atoms. The monoisotopic (exact) mass is 318 g/mol. The van der Waals surface area contributed by atoms with Crippen LogP contribution in [0.4, 0.5) is 11.6 Å². The Labute approximate surface area is 140 Å². The lowest BCUT2D eigenvalue weighted by atomic mass is 10.1. The summed E-state index contributed by atoms with van der Waals surface area (Å²) < 4.78 is 0. The molecule has 1 amide bonds. The number of anilines is 2. The number of nitrogens with one attached hydrogen (secondary N) is 2. The summed E-state index contributed by atoms with van der Waals surface area (Å²) in [5, 5.41) is 5.97.